The minimum atomic E-state index is -1.08. The summed E-state index contributed by atoms with van der Waals surface area (Å²) in [5.41, 5.74) is 4.68. The number of aliphatic carboxylic acids is 1. The van der Waals surface area contributed by atoms with Crippen LogP contribution in [0.25, 0.3) is 0 Å². The predicted octanol–water partition coefficient (Wildman–Crippen LogP) is 2.22. The number of hydrogen-bond acceptors (Lipinski definition) is 3. The van der Waals surface area contributed by atoms with Gasteiger partial charge < -0.3 is 15.7 Å². The molecule has 3 N–H and O–H groups in total. The number of likely N-dealkylation sites (tertiary alicyclic amines) is 1. The Labute approximate surface area is 111 Å². The number of rotatable bonds is 6. The zero-order valence-corrected chi connectivity index (χ0v) is 11.8. The van der Waals surface area contributed by atoms with Crippen LogP contribution in [-0.4, -0.2) is 40.6 Å². The summed E-state index contributed by atoms with van der Waals surface area (Å²) < 4.78 is 0. The largest absolute Gasteiger partial charge is 0.480 e. The molecule has 2 unspecified atom stereocenters. The molecule has 0 aliphatic carbocycles. The second kappa shape index (κ2) is 7.10. The van der Waals surface area contributed by atoms with Gasteiger partial charge in [-0.1, -0.05) is 19.8 Å². The van der Waals surface area contributed by atoms with Crippen LogP contribution in [-0.2, 0) is 4.79 Å². The van der Waals surface area contributed by atoms with Gasteiger partial charge in [0.2, 0.25) is 0 Å². The van der Waals surface area contributed by atoms with Crippen LogP contribution in [0.15, 0.2) is 0 Å². The lowest BCUT2D eigenvalue weighted by Crippen LogP contribution is -2.45. The maximum atomic E-state index is 10.9. The van der Waals surface area contributed by atoms with Crippen LogP contribution in [0.5, 0.6) is 0 Å². The van der Waals surface area contributed by atoms with Crippen molar-refractivity contribution in [1.29, 1.82) is 0 Å². The van der Waals surface area contributed by atoms with Crippen molar-refractivity contribution in [3.8, 4) is 0 Å². The predicted molar refractivity (Wildman–Crippen MR) is 73.6 cm³/mol. The second-order valence-electron chi connectivity index (χ2n) is 5.77. The van der Waals surface area contributed by atoms with Crippen molar-refractivity contribution in [3.05, 3.63) is 0 Å². The summed E-state index contributed by atoms with van der Waals surface area (Å²) >= 11 is 0. The van der Waals surface area contributed by atoms with Crippen molar-refractivity contribution in [2.75, 3.05) is 13.1 Å². The van der Waals surface area contributed by atoms with Crippen molar-refractivity contribution in [3.63, 3.8) is 0 Å². The SMILES string of the molecule is CCC1CCCCCN1CCCC(C)(N)C(=O)O. The van der Waals surface area contributed by atoms with Gasteiger partial charge in [-0.3, -0.25) is 4.79 Å². The highest BCUT2D eigenvalue weighted by molar-refractivity contribution is 5.77. The van der Waals surface area contributed by atoms with Gasteiger partial charge in [0.25, 0.3) is 0 Å². The number of hydrogen-bond donors (Lipinski definition) is 2. The van der Waals surface area contributed by atoms with Crippen LogP contribution >= 0.6 is 0 Å². The summed E-state index contributed by atoms with van der Waals surface area (Å²) in [6.45, 7) is 5.99. The molecule has 0 aromatic rings. The number of carbonyl (C=O) groups is 1. The molecule has 0 spiro atoms. The smallest absolute Gasteiger partial charge is 0.323 e. The van der Waals surface area contributed by atoms with Gasteiger partial charge in [0, 0.05) is 6.04 Å². The van der Waals surface area contributed by atoms with Crippen molar-refractivity contribution in [2.24, 2.45) is 5.73 Å². The van der Waals surface area contributed by atoms with Crippen LogP contribution in [0.3, 0.4) is 0 Å². The second-order valence-corrected chi connectivity index (χ2v) is 5.77. The summed E-state index contributed by atoms with van der Waals surface area (Å²) in [6.07, 6.45) is 7.84. The summed E-state index contributed by atoms with van der Waals surface area (Å²) in [7, 11) is 0. The maximum Gasteiger partial charge on any atom is 0.323 e. The van der Waals surface area contributed by atoms with Gasteiger partial charge in [-0.2, -0.15) is 0 Å². The molecule has 0 saturated carbocycles. The molecule has 0 amide bonds. The Morgan fingerprint density at radius 1 is 1.44 bits per heavy atom. The summed E-state index contributed by atoms with van der Waals surface area (Å²) in [5, 5.41) is 8.98. The van der Waals surface area contributed by atoms with E-state index in [1.54, 1.807) is 6.92 Å². The van der Waals surface area contributed by atoms with E-state index in [1.165, 1.54) is 32.1 Å². The molecule has 0 radical (unpaired) electrons. The Balaban J connectivity index is 2.38. The highest BCUT2D eigenvalue weighted by atomic mass is 16.4. The Kier molecular flexibility index (Phi) is 6.09. The van der Waals surface area contributed by atoms with Gasteiger partial charge in [-0.15, -0.1) is 0 Å². The van der Waals surface area contributed by atoms with E-state index in [0.717, 1.165) is 19.5 Å². The average molecular weight is 256 g/mol. The Morgan fingerprint density at radius 2 is 2.17 bits per heavy atom. The third kappa shape index (κ3) is 4.58. The van der Waals surface area contributed by atoms with Crippen LogP contribution in [0.4, 0.5) is 0 Å². The molecule has 0 aromatic carbocycles. The topological polar surface area (TPSA) is 66.6 Å². The fraction of sp³-hybridized carbons (Fsp3) is 0.929. The molecule has 1 rings (SSSR count). The van der Waals surface area contributed by atoms with Crippen LogP contribution in [0, 0.1) is 0 Å². The van der Waals surface area contributed by atoms with Crippen LogP contribution in [0.1, 0.15) is 58.8 Å². The third-order valence-electron chi connectivity index (χ3n) is 4.10. The van der Waals surface area contributed by atoms with E-state index in [-0.39, 0.29) is 0 Å². The van der Waals surface area contributed by atoms with Gasteiger partial charge in [-0.25, -0.2) is 0 Å². The van der Waals surface area contributed by atoms with E-state index in [4.69, 9.17) is 10.8 Å². The molecule has 4 heteroatoms. The first kappa shape index (κ1) is 15.4. The fourth-order valence-electron chi connectivity index (χ4n) is 2.75. The van der Waals surface area contributed by atoms with Crippen LogP contribution < -0.4 is 5.73 Å². The minimum Gasteiger partial charge on any atom is -0.480 e. The van der Waals surface area contributed by atoms with Crippen molar-refractivity contribution < 1.29 is 9.90 Å². The first-order valence-corrected chi connectivity index (χ1v) is 7.23. The first-order valence-electron chi connectivity index (χ1n) is 7.23. The summed E-state index contributed by atoms with van der Waals surface area (Å²) in [6, 6.07) is 0.682. The van der Waals surface area contributed by atoms with Gasteiger partial charge in [-0.05, 0) is 52.1 Å². The molecule has 1 fully saturated rings. The normalized spacial score (nSPS) is 25.4. The monoisotopic (exact) mass is 256 g/mol. The molecule has 4 nitrogen and oxygen atoms in total. The van der Waals surface area contributed by atoms with E-state index < -0.39 is 11.5 Å². The Morgan fingerprint density at radius 3 is 2.78 bits per heavy atom. The molecule has 0 bridgehead atoms. The van der Waals surface area contributed by atoms with Crippen molar-refractivity contribution in [1.82, 2.24) is 4.90 Å². The highest BCUT2D eigenvalue weighted by Gasteiger charge is 2.28. The third-order valence-corrected chi connectivity index (χ3v) is 4.10. The van der Waals surface area contributed by atoms with Gasteiger partial charge in [0.1, 0.15) is 5.54 Å². The number of carboxylic acid groups (broad SMARTS) is 1. The first-order chi connectivity index (χ1) is 8.47. The molecule has 2 atom stereocenters. The van der Waals surface area contributed by atoms with Gasteiger partial charge >= 0.3 is 5.97 Å². The quantitative estimate of drug-likeness (QED) is 0.764. The summed E-state index contributed by atoms with van der Waals surface area (Å²) in [4.78, 5) is 13.5. The highest BCUT2D eigenvalue weighted by Crippen LogP contribution is 2.20. The standard InChI is InChI=1S/C14H28N2O2/c1-3-12-8-5-4-6-10-16(12)11-7-9-14(2,15)13(17)18/h12H,3-11,15H2,1-2H3,(H,17,18). The van der Waals surface area contributed by atoms with Crippen molar-refractivity contribution >= 4 is 5.97 Å². The lowest BCUT2D eigenvalue weighted by Gasteiger charge is -2.30. The van der Waals surface area contributed by atoms with E-state index in [1.807, 2.05) is 0 Å². The molecule has 18 heavy (non-hydrogen) atoms. The zero-order chi connectivity index (χ0) is 13.6. The van der Waals surface area contributed by atoms with Crippen LogP contribution in [0.2, 0.25) is 0 Å². The van der Waals surface area contributed by atoms with E-state index >= 15 is 0 Å². The molecule has 1 aliphatic heterocycles. The number of nitrogens with zero attached hydrogens (tertiary/aromatic N) is 1. The van der Waals surface area contributed by atoms with E-state index in [2.05, 4.69) is 11.8 Å². The number of nitrogens with two attached hydrogens (primary N) is 1. The molecule has 1 heterocycles. The average Bonchev–Trinajstić information content (AvgIpc) is 2.53. The lowest BCUT2D eigenvalue weighted by atomic mass is 9.97. The van der Waals surface area contributed by atoms with E-state index in [9.17, 15) is 4.79 Å². The molecule has 106 valence electrons. The molecule has 0 aromatic heterocycles. The molecule has 1 aliphatic rings. The Bertz CT molecular complexity index is 267. The molecule has 1 saturated heterocycles. The molecular weight excluding hydrogens is 228 g/mol. The molecular formula is C14H28N2O2. The van der Waals surface area contributed by atoms with Gasteiger partial charge in [0.15, 0.2) is 0 Å². The zero-order valence-electron chi connectivity index (χ0n) is 11.8. The Hall–Kier alpha value is -0.610. The maximum absolute atomic E-state index is 10.9. The van der Waals surface area contributed by atoms with E-state index in [0.29, 0.717) is 12.5 Å². The number of carboxylic acids is 1. The minimum absolute atomic E-state index is 0.551. The fourth-order valence-corrected chi connectivity index (χ4v) is 2.75. The van der Waals surface area contributed by atoms with Crippen molar-refractivity contribution in [2.45, 2.75) is 70.4 Å². The lowest BCUT2D eigenvalue weighted by molar-refractivity contribution is -0.143. The van der Waals surface area contributed by atoms with Gasteiger partial charge in [0.05, 0.1) is 0 Å². The summed E-state index contributed by atoms with van der Waals surface area (Å²) in [5.74, 6) is -0.898.